The molecule has 0 saturated carbocycles. The van der Waals surface area contributed by atoms with Crippen molar-refractivity contribution >= 4 is 41.0 Å². The van der Waals surface area contributed by atoms with Gasteiger partial charge in [0.1, 0.15) is 6.54 Å². The Hall–Kier alpha value is -1.79. The van der Waals surface area contributed by atoms with Crippen molar-refractivity contribution in [1.82, 2.24) is 10.2 Å². The van der Waals surface area contributed by atoms with E-state index in [1.165, 1.54) is 18.2 Å². The third kappa shape index (κ3) is 5.88. The second-order valence-electron chi connectivity index (χ2n) is 6.18. The standard InChI is InChI=1S/C18H22Cl2N2O4/c1-12(18(25)22-8-4-2-3-5-9-22)26-16(23)11-21-17(24)13-6-7-14(19)15(20)10-13/h6-7,10,12H,2-5,8-9,11H2,1H3,(H,21,24). The topological polar surface area (TPSA) is 75.7 Å². The molecule has 6 nitrogen and oxygen atoms in total. The molecule has 26 heavy (non-hydrogen) atoms. The molecule has 0 spiro atoms. The quantitative estimate of drug-likeness (QED) is 0.770. The largest absolute Gasteiger partial charge is 0.451 e. The van der Waals surface area contributed by atoms with Crippen molar-refractivity contribution < 1.29 is 19.1 Å². The van der Waals surface area contributed by atoms with Crippen LogP contribution in [0.5, 0.6) is 0 Å². The van der Waals surface area contributed by atoms with Crippen molar-refractivity contribution in [1.29, 1.82) is 0 Å². The smallest absolute Gasteiger partial charge is 0.326 e. The van der Waals surface area contributed by atoms with Crippen LogP contribution in [-0.4, -0.2) is 48.4 Å². The minimum atomic E-state index is -0.873. The van der Waals surface area contributed by atoms with E-state index in [0.29, 0.717) is 18.1 Å². The highest BCUT2D eigenvalue weighted by molar-refractivity contribution is 6.42. The van der Waals surface area contributed by atoms with E-state index in [0.717, 1.165) is 25.7 Å². The number of nitrogens with zero attached hydrogens (tertiary/aromatic N) is 1. The van der Waals surface area contributed by atoms with Crippen LogP contribution in [0.1, 0.15) is 43.0 Å². The molecule has 1 atom stereocenters. The van der Waals surface area contributed by atoms with Gasteiger partial charge in [0.25, 0.3) is 11.8 Å². The van der Waals surface area contributed by atoms with Gasteiger partial charge in [-0.1, -0.05) is 36.0 Å². The molecule has 0 radical (unpaired) electrons. The number of benzene rings is 1. The van der Waals surface area contributed by atoms with Crippen LogP contribution in [0.4, 0.5) is 0 Å². The molecule has 1 N–H and O–H groups in total. The summed E-state index contributed by atoms with van der Waals surface area (Å²) < 4.78 is 5.14. The highest BCUT2D eigenvalue weighted by Gasteiger charge is 2.24. The molecule has 0 aliphatic carbocycles. The molecule has 1 aliphatic rings. The van der Waals surface area contributed by atoms with E-state index in [-0.39, 0.29) is 23.0 Å². The number of rotatable bonds is 5. The molecule has 1 aromatic carbocycles. The molecule has 2 amide bonds. The predicted octanol–water partition coefficient (Wildman–Crippen LogP) is 3.06. The van der Waals surface area contributed by atoms with Crippen molar-refractivity contribution in [3.8, 4) is 0 Å². The summed E-state index contributed by atoms with van der Waals surface area (Å²) in [4.78, 5) is 38.0. The van der Waals surface area contributed by atoms with Crippen LogP contribution in [0.25, 0.3) is 0 Å². The molecule has 1 aromatic rings. The summed E-state index contributed by atoms with van der Waals surface area (Å²) in [6.45, 7) is 2.59. The molecule has 0 aromatic heterocycles. The van der Waals surface area contributed by atoms with Gasteiger partial charge in [-0.25, -0.2) is 0 Å². The van der Waals surface area contributed by atoms with Gasteiger partial charge in [-0.15, -0.1) is 0 Å². The molecule has 0 bridgehead atoms. The highest BCUT2D eigenvalue weighted by Crippen LogP contribution is 2.22. The second-order valence-corrected chi connectivity index (χ2v) is 7.00. The summed E-state index contributed by atoms with van der Waals surface area (Å²) in [6, 6.07) is 4.41. The van der Waals surface area contributed by atoms with Crippen molar-refractivity contribution in [2.75, 3.05) is 19.6 Å². The van der Waals surface area contributed by atoms with Crippen LogP contribution in [0, 0.1) is 0 Å². The summed E-state index contributed by atoms with van der Waals surface area (Å²) >= 11 is 11.7. The Morgan fingerprint density at radius 1 is 1.12 bits per heavy atom. The molecule has 1 unspecified atom stereocenters. The minimum Gasteiger partial charge on any atom is -0.451 e. The fraction of sp³-hybridized carbons (Fsp3) is 0.500. The Balaban J connectivity index is 1.80. The van der Waals surface area contributed by atoms with Gasteiger partial charge >= 0.3 is 5.97 Å². The molecule has 2 rings (SSSR count). The van der Waals surface area contributed by atoms with Gasteiger partial charge in [0.2, 0.25) is 0 Å². The highest BCUT2D eigenvalue weighted by atomic mass is 35.5. The molecule has 142 valence electrons. The third-order valence-electron chi connectivity index (χ3n) is 4.15. The van der Waals surface area contributed by atoms with Gasteiger partial charge in [0, 0.05) is 18.7 Å². The van der Waals surface area contributed by atoms with Gasteiger partial charge in [-0.05, 0) is 38.0 Å². The molecule has 1 saturated heterocycles. The number of nitrogens with one attached hydrogen (secondary N) is 1. The zero-order chi connectivity index (χ0) is 19.1. The number of amides is 2. The van der Waals surface area contributed by atoms with Gasteiger partial charge in [-0.3, -0.25) is 14.4 Å². The van der Waals surface area contributed by atoms with Crippen LogP contribution >= 0.6 is 23.2 Å². The van der Waals surface area contributed by atoms with Crippen LogP contribution < -0.4 is 5.32 Å². The Labute approximate surface area is 162 Å². The van der Waals surface area contributed by atoms with Crippen LogP contribution in [0.2, 0.25) is 10.0 Å². The van der Waals surface area contributed by atoms with E-state index in [1.807, 2.05) is 0 Å². The Kier molecular flexibility index (Phi) is 7.72. The Morgan fingerprint density at radius 2 is 1.77 bits per heavy atom. The predicted molar refractivity (Wildman–Crippen MR) is 99.4 cm³/mol. The van der Waals surface area contributed by atoms with E-state index >= 15 is 0 Å². The normalized spacial score (nSPS) is 15.7. The molecule has 1 aliphatic heterocycles. The van der Waals surface area contributed by atoms with Gasteiger partial charge in [0.15, 0.2) is 6.10 Å². The lowest BCUT2D eigenvalue weighted by molar-refractivity contribution is -0.158. The summed E-state index contributed by atoms with van der Waals surface area (Å²) in [7, 11) is 0. The lowest BCUT2D eigenvalue weighted by atomic mass is 10.2. The average molecular weight is 401 g/mol. The first kappa shape index (κ1) is 20.5. The van der Waals surface area contributed by atoms with Gasteiger partial charge in [-0.2, -0.15) is 0 Å². The SMILES string of the molecule is CC(OC(=O)CNC(=O)c1ccc(Cl)c(Cl)c1)C(=O)N1CCCCCC1. The summed E-state index contributed by atoms with van der Waals surface area (Å²) in [5, 5.41) is 3.02. The number of halogens is 2. The Morgan fingerprint density at radius 3 is 2.38 bits per heavy atom. The average Bonchev–Trinajstić information content (AvgIpc) is 2.90. The van der Waals surface area contributed by atoms with E-state index in [1.54, 1.807) is 11.8 Å². The fourth-order valence-electron chi connectivity index (χ4n) is 2.73. The van der Waals surface area contributed by atoms with Crippen molar-refractivity contribution in [2.24, 2.45) is 0 Å². The van der Waals surface area contributed by atoms with E-state index < -0.39 is 18.0 Å². The minimum absolute atomic E-state index is 0.198. The lowest BCUT2D eigenvalue weighted by Gasteiger charge is -2.24. The third-order valence-corrected chi connectivity index (χ3v) is 4.89. The summed E-state index contributed by atoms with van der Waals surface area (Å²) in [6.07, 6.45) is 3.28. The summed E-state index contributed by atoms with van der Waals surface area (Å²) in [5.41, 5.74) is 0.279. The van der Waals surface area contributed by atoms with E-state index in [4.69, 9.17) is 27.9 Å². The monoisotopic (exact) mass is 400 g/mol. The second kappa shape index (κ2) is 9.78. The van der Waals surface area contributed by atoms with Crippen molar-refractivity contribution in [3.63, 3.8) is 0 Å². The molecule has 8 heteroatoms. The van der Waals surface area contributed by atoms with Crippen molar-refractivity contribution in [2.45, 2.75) is 38.7 Å². The van der Waals surface area contributed by atoms with Crippen LogP contribution in [0.3, 0.4) is 0 Å². The van der Waals surface area contributed by atoms with Crippen molar-refractivity contribution in [3.05, 3.63) is 33.8 Å². The maximum atomic E-state index is 12.3. The number of carbonyl (C=O) groups is 3. The maximum Gasteiger partial charge on any atom is 0.326 e. The number of hydrogen-bond acceptors (Lipinski definition) is 4. The van der Waals surface area contributed by atoms with E-state index in [2.05, 4.69) is 5.32 Å². The van der Waals surface area contributed by atoms with Gasteiger partial charge in [0.05, 0.1) is 10.0 Å². The first-order chi connectivity index (χ1) is 12.4. The number of carbonyl (C=O) groups excluding carboxylic acids is 3. The molecular formula is C18H22Cl2N2O4. The first-order valence-electron chi connectivity index (χ1n) is 8.60. The van der Waals surface area contributed by atoms with Crippen LogP contribution in [-0.2, 0) is 14.3 Å². The number of esters is 1. The maximum absolute atomic E-state index is 12.3. The van der Waals surface area contributed by atoms with E-state index in [9.17, 15) is 14.4 Å². The number of ether oxygens (including phenoxy) is 1. The summed E-state index contributed by atoms with van der Waals surface area (Å²) in [5.74, 6) is -1.35. The number of hydrogen-bond donors (Lipinski definition) is 1. The Bertz CT molecular complexity index is 673. The fourth-order valence-corrected chi connectivity index (χ4v) is 3.03. The lowest BCUT2D eigenvalue weighted by Crippen LogP contribution is -2.42. The molecular weight excluding hydrogens is 379 g/mol. The number of likely N-dealkylation sites (tertiary alicyclic amines) is 1. The zero-order valence-corrected chi connectivity index (χ0v) is 16.1. The molecule has 1 heterocycles. The van der Waals surface area contributed by atoms with Gasteiger partial charge < -0.3 is 15.0 Å². The molecule has 1 fully saturated rings. The van der Waals surface area contributed by atoms with Crippen LogP contribution in [0.15, 0.2) is 18.2 Å². The zero-order valence-electron chi connectivity index (χ0n) is 14.6. The first-order valence-corrected chi connectivity index (χ1v) is 9.35.